The van der Waals surface area contributed by atoms with Crippen LogP contribution in [0.15, 0.2) is 132 Å². The van der Waals surface area contributed by atoms with Crippen LogP contribution in [0.25, 0.3) is 55.4 Å². The molecule has 330 valence electrons. The number of aryl methyl sites for hydroxylation is 6. The monoisotopic (exact) mass is 862 g/mol. The second kappa shape index (κ2) is 17.3. The molecule has 8 aromatic carbocycles. The van der Waals surface area contributed by atoms with Crippen molar-refractivity contribution in [3.63, 3.8) is 0 Å². The molecule has 0 radical (unpaired) electrons. The quantitative estimate of drug-likeness (QED) is 0.104. The average Bonchev–Trinajstić information content (AvgIpc) is 4.14. The maximum Gasteiger partial charge on any atom is 0.158 e. The molecule has 2 aliphatic rings. The fourth-order valence-corrected chi connectivity index (χ4v) is 11.7. The number of allylic oxidation sites excluding steroid dienone is 2. The molecule has 0 aliphatic heterocycles. The molecule has 1 N–H and O–H groups in total. The number of benzene rings is 8. The summed E-state index contributed by atoms with van der Waals surface area (Å²) in [6, 6.07) is 44.1. The number of nitrogens with zero attached hydrogens (tertiary/aromatic N) is 1. The number of hydrogen-bond donors (Lipinski definition) is 1. The zero-order valence-corrected chi connectivity index (χ0v) is 39.7. The van der Waals surface area contributed by atoms with Gasteiger partial charge in [0.15, 0.2) is 5.58 Å². The lowest BCUT2D eigenvalue weighted by Crippen LogP contribution is -2.13. The summed E-state index contributed by atoms with van der Waals surface area (Å²) in [6.45, 7) is 13.2. The van der Waals surface area contributed by atoms with E-state index < -0.39 is 0 Å². The van der Waals surface area contributed by atoms with Crippen molar-refractivity contribution in [2.24, 2.45) is 0 Å². The average molecular weight is 863 g/mol. The lowest BCUT2D eigenvalue weighted by Gasteiger charge is -2.30. The van der Waals surface area contributed by atoms with Crippen molar-refractivity contribution >= 4 is 83.9 Å². The van der Waals surface area contributed by atoms with Crippen molar-refractivity contribution in [2.45, 2.75) is 111 Å². The molecular weight excluding hydrogens is 801 g/mol. The van der Waals surface area contributed by atoms with Gasteiger partial charge in [-0.25, -0.2) is 0 Å². The molecule has 0 atom stereocenters. The fraction of sp³-hybridized carbons (Fsp3) is 0.270. The minimum absolute atomic E-state index is 0.507. The molecule has 3 heteroatoms. The lowest BCUT2D eigenvalue weighted by atomic mass is 9.82. The number of anilines is 5. The van der Waals surface area contributed by atoms with E-state index in [4.69, 9.17) is 4.42 Å². The van der Waals surface area contributed by atoms with Gasteiger partial charge in [0.25, 0.3) is 0 Å². The number of furan rings is 1. The smallest absolute Gasteiger partial charge is 0.158 e. The Morgan fingerprint density at radius 3 is 1.91 bits per heavy atom. The molecule has 11 rings (SSSR count). The van der Waals surface area contributed by atoms with Gasteiger partial charge in [0, 0.05) is 38.8 Å². The third-order valence-electron chi connectivity index (χ3n) is 15.6. The topological polar surface area (TPSA) is 28.4 Å². The van der Waals surface area contributed by atoms with Crippen molar-refractivity contribution in [2.75, 3.05) is 10.2 Å². The summed E-state index contributed by atoms with van der Waals surface area (Å²) in [4.78, 5) is 2.53. The van der Waals surface area contributed by atoms with E-state index in [2.05, 4.69) is 191 Å². The fourth-order valence-electron chi connectivity index (χ4n) is 11.7. The largest absolute Gasteiger partial charge is 0.459 e. The van der Waals surface area contributed by atoms with Crippen molar-refractivity contribution in [1.29, 1.82) is 0 Å². The normalized spacial score (nSPS) is 15.1. The van der Waals surface area contributed by atoms with Gasteiger partial charge in [0.1, 0.15) is 5.76 Å². The second-order valence-corrected chi connectivity index (χ2v) is 19.6. The Morgan fingerprint density at radius 2 is 1.20 bits per heavy atom. The number of para-hydroxylation sites is 1. The summed E-state index contributed by atoms with van der Waals surface area (Å²) in [7, 11) is 0. The van der Waals surface area contributed by atoms with Crippen LogP contribution in [0.5, 0.6) is 0 Å². The van der Waals surface area contributed by atoms with E-state index in [1.165, 1.54) is 140 Å². The van der Waals surface area contributed by atoms with E-state index in [0.717, 1.165) is 45.8 Å². The van der Waals surface area contributed by atoms with Crippen LogP contribution >= 0.6 is 0 Å². The number of hydrogen-bond acceptors (Lipinski definition) is 3. The zero-order chi connectivity index (χ0) is 45.1. The van der Waals surface area contributed by atoms with Gasteiger partial charge >= 0.3 is 0 Å². The predicted octanol–water partition coefficient (Wildman–Crippen LogP) is 18.7. The first kappa shape index (κ1) is 42.1. The molecule has 9 aromatic rings. The van der Waals surface area contributed by atoms with Gasteiger partial charge in [0.2, 0.25) is 0 Å². The minimum atomic E-state index is 0.507. The maximum atomic E-state index is 6.95. The van der Waals surface area contributed by atoms with Crippen LogP contribution in [0, 0.1) is 34.6 Å². The summed E-state index contributed by atoms with van der Waals surface area (Å²) in [5.74, 6) is 1.98. The number of rotatable bonds is 11. The molecule has 2 fully saturated rings. The zero-order valence-electron chi connectivity index (χ0n) is 39.7. The Morgan fingerprint density at radius 1 is 0.561 bits per heavy atom. The predicted molar refractivity (Wildman–Crippen MR) is 284 cm³/mol. The second-order valence-electron chi connectivity index (χ2n) is 19.6. The molecule has 0 amide bonds. The Balaban J connectivity index is 1.16. The first-order valence-electron chi connectivity index (χ1n) is 24.7. The van der Waals surface area contributed by atoms with E-state index in [1.54, 1.807) is 0 Å². The van der Waals surface area contributed by atoms with E-state index in [0.29, 0.717) is 11.8 Å². The van der Waals surface area contributed by atoms with Gasteiger partial charge in [-0.2, -0.15) is 0 Å². The summed E-state index contributed by atoms with van der Waals surface area (Å²) < 4.78 is 6.95. The summed E-state index contributed by atoms with van der Waals surface area (Å²) in [5, 5.41) is 13.3. The van der Waals surface area contributed by atoms with Gasteiger partial charge in [-0.3, -0.25) is 0 Å². The van der Waals surface area contributed by atoms with E-state index in [-0.39, 0.29) is 0 Å². The van der Waals surface area contributed by atoms with E-state index in [9.17, 15) is 0 Å². The van der Waals surface area contributed by atoms with Crippen LogP contribution in [-0.2, 0) is 6.42 Å². The highest BCUT2D eigenvalue weighted by atomic mass is 16.3. The Bertz CT molecular complexity index is 3350. The highest BCUT2D eigenvalue weighted by Crippen LogP contribution is 2.53. The van der Waals surface area contributed by atoms with Crippen LogP contribution in [0.4, 0.5) is 28.4 Å². The summed E-state index contributed by atoms with van der Waals surface area (Å²) >= 11 is 0. The molecule has 2 saturated carbocycles. The Hall–Kier alpha value is -6.58. The van der Waals surface area contributed by atoms with Gasteiger partial charge in [-0.1, -0.05) is 130 Å². The van der Waals surface area contributed by atoms with Crippen LogP contribution in [0.3, 0.4) is 0 Å². The van der Waals surface area contributed by atoms with Gasteiger partial charge < -0.3 is 14.6 Å². The third kappa shape index (κ3) is 7.38. The van der Waals surface area contributed by atoms with Gasteiger partial charge in [0.05, 0.1) is 11.4 Å². The van der Waals surface area contributed by atoms with Crippen molar-refractivity contribution < 1.29 is 4.42 Å². The van der Waals surface area contributed by atoms with E-state index >= 15 is 0 Å². The molecule has 0 saturated heterocycles. The van der Waals surface area contributed by atoms with Crippen LogP contribution < -0.4 is 10.2 Å². The molecular formula is C63H62N2O. The first-order valence-corrected chi connectivity index (χ1v) is 24.7. The highest BCUT2D eigenvalue weighted by Gasteiger charge is 2.29. The SMILES string of the molecule is CCc1ccccc1/C=C/C=C\c1c(C)oc2c(N(c3ccc(C)c(C)c3)c3cc(C4CCCC4)c4ccc5c(Nc6ccc(C)c(C)c6)cc(C6CCCC6)c6ccc3c4c56)cccc12. The molecule has 0 spiro atoms. The number of nitrogens with one attached hydrogen (secondary N) is 1. The van der Waals surface area contributed by atoms with Gasteiger partial charge in [-0.05, 0) is 187 Å². The van der Waals surface area contributed by atoms with Crippen molar-refractivity contribution in [3.05, 3.63) is 183 Å². The first-order chi connectivity index (χ1) is 32.2. The highest BCUT2D eigenvalue weighted by molar-refractivity contribution is 6.29. The molecule has 1 aromatic heterocycles. The van der Waals surface area contributed by atoms with Crippen molar-refractivity contribution in [3.8, 4) is 0 Å². The van der Waals surface area contributed by atoms with E-state index in [1.807, 2.05) is 0 Å². The molecule has 1 heterocycles. The minimum Gasteiger partial charge on any atom is -0.459 e. The standard InChI is InChI=1S/C63H62N2O/c1-7-44-17-8-9-18-45(44)19-14-15-24-50-43(6)66-63-53(50)25-16-26-59(63)65(49-30-28-40(3)42(5)36-49)60-38-57(47-22-12-13-23-47)52-31-33-54-58(64-48-29-27-39(2)41(4)35-48)37-56(46-20-10-11-21-46)51-32-34-55(60)62(52)61(51)54/h8-9,14-19,24-38,46-47,64H,7,10-13,20-23H2,1-6H3/b19-14+,24-15-. The van der Waals surface area contributed by atoms with Crippen molar-refractivity contribution in [1.82, 2.24) is 0 Å². The lowest BCUT2D eigenvalue weighted by molar-refractivity contribution is 0.578. The molecule has 3 nitrogen and oxygen atoms in total. The molecule has 66 heavy (non-hydrogen) atoms. The molecule has 0 unspecified atom stereocenters. The summed E-state index contributed by atoms with van der Waals surface area (Å²) in [6.07, 6.45) is 19.9. The van der Waals surface area contributed by atoms with Crippen LogP contribution in [0.2, 0.25) is 0 Å². The Kier molecular flexibility index (Phi) is 11.1. The molecule has 2 aliphatic carbocycles. The Labute approximate surface area is 391 Å². The van der Waals surface area contributed by atoms with Crippen LogP contribution in [-0.4, -0.2) is 0 Å². The third-order valence-corrected chi connectivity index (χ3v) is 15.6. The molecule has 0 bridgehead atoms. The van der Waals surface area contributed by atoms with Crippen LogP contribution in [0.1, 0.15) is 126 Å². The summed E-state index contributed by atoms with van der Waals surface area (Å²) in [5.41, 5.74) is 18.6. The maximum absolute atomic E-state index is 6.95. The number of fused-ring (bicyclic) bond motifs is 1. The van der Waals surface area contributed by atoms with Gasteiger partial charge in [-0.15, -0.1) is 0 Å².